The first-order valence-electron chi connectivity index (χ1n) is 25.2. The van der Waals surface area contributed by atoms with Crippen molar-refractivity contribution in [1.29, 1.82) is 0 Å². The van der Waals surface area contributed by atoms with Crippen molar-refractivity contribution >= 4 is 23.9 Å². The van der Waals surface area contributed by atoms with Crippen molar-refractivity contribution in [3.63, 3.8) is 0 Å². The zero-order valence-electron chi connectivity index (χ0n) is 51.7. The first-order chi connectivity index (χ1) is 32.1. The van der Waals surface area contributed by atoms with E-state index in [0.717, 1.165) is 65.1 Å². The summed E-state index contributed by atoms with van der Waals surface area (Å²) in [5.74, 6) is -0.0618. The van der Waals surface area contributed by atoms with Gasteiger partial charge in [-0.05, 0) is 37.0 Å². The van der Waals surface area contributed by atoms with Gasteiger partial charge in [0, 0.05) is 29.2 Å². The van der Waals surface area contributed by atoms with Gasteiger partial charge in [-0.2, -0.15) is 0 Å². The highest BCUT2D eigenvalue weighted by Crippen LogP contribution is 2.33. The molecule has 5 atom stereocenters. The zero-order chi connectivity index (χ0) is 55.4. The molecule has 0 radical (unpaired) electrons. The molecule has 1 aromatic carbocycles. The Morgan fingerprint density at radius 1 is 0.577 bits per heavy atom. The summed E-state index contributed by atoms with van der Waals surface area (Å²) < 4.78 is 3.38. The number of allylic oxidation sites excluding steroid dienone is 4. The van der Waals surface area contributed by atoms with Crippen LogP contribution in [-0.4, -0.2) is 210 Å². The molecule has 0 aliphatic heterocycles. The summed E-state index contributed by atoms with van der Waals surface area (Å²) in [6.07, 6.45) is 17.5. The van der Waals surface area contributed by atoms with Gasteiger partial charge in [0.25, 0.3) is 0 Å². The van der Waals surface area contributed by atoms with E-state index in [2.05, 4.69) is 132 Å². The molecular formula is C56H104Cl7N7O8. The molecule has 2 aliphatic carbocycles. The number of benzene rings is 1. The van der Waals surface area contributed by atoms with E-state index >= 15 is 0 Å². The Kier molecular flexibility index (Phi) is 48.0. The minimum absolute atomic E-state index is 0. The zero-order valence-corrected chi connectivity index (χ0v) is 57.0. The maximum absolute atomic E-state index is 12.5. The number of quaternary nitrogens is 7. The van der Waals surface area contributed by atoms with E-state index in [-0.39, 0.29) is 147 Å². The van der Waals surface area contributed by atoms with Gasteiger partial charge in [-0.15, -0.1) is 13.9 Å². The quantitative estimate of drug-likeness (QED) is 0.0550. The van der Waals surface area contributed by atoms with Gasteiger partial charge >= 0.3 is 23.9 Å². The molecule has 2 aliphatic rings. The van der Waals surface area contributed by atoms with E-state index in [4.69, 9.17) is 19.4 Å². The van der Waals surface area contributed by atoms with Crippen LogP contribution < -0.4 is 86.8 Å². The number of carbonyl (C=O) groups is 4. The average molecular weight is 1250 g/mol. The van der Waals surface area contributed by atoms with Crippen LogP contribution in [0.3, 0.4) is 0 Å². The van der Waals surface area contributed by atoms with Crippen LogP contribution in [0.4, 0.5) is 0 Å². The minimum Gasteiger partial charge on any atom is -1.00 e. The van der Waals surface area contributed by atoms with E-state index in [0.29, 0.717) is 12.3 Å². The molecule has 3 rings (SSSR count). The molecule has 0 aromatic heterocycles. The van der Waals surface area contributed by atoms with Crippen molar-refractivity contribution < 1.29 is 157 Å². The Morgan fingerprint density at radius 2 is 1.00 bits per heavy atom. The van der Waals surface area contributed by atoms with Gasteiger partial charge in [-0.3, -0.25) is 23.8 Å². The summed E-state index contributed by atoms with van der Waals surface area (Å²) in [5, 5.41) is 0. The second-order valence-corrected chi connectivity index (χ2v) is 24.7. The molecule has 0 bridgehead atoms. The Labute approximate surface area is 517 Å². The maximum Gasteiger partial charge on any atom is 0.389 e. The summed E-state index contributed by atoms with van der Waals surface area (Å²) in [6, 6.07) is 10.4. The van der Waals surface area contributed by atoms with Crippen molar-refractivity contribution in [2.75, 3.05) is 154 Å². The largest absolute Gasteiger partial charge is 1.00 e. The van der Waals surface area contributed by atoms with Gasteiger partial charge in [0.05, 0.1) is 68.2 Å². The van der Waals surface area contributed by atoms with Crippen LogP contribution in [-0.2, 0) is 45.1 Å². The number of likely N-dealkylation sites (N-methyl/N-ethyl adjacent to an activating group) is 2. The molecular weight excluding hydrogens is 1150 g/mol. The fourth-order valence-corrected chi connectivity index (χ4v) is 8.34. The molecule has 1 aromatic rings. The molecule has 0 fully saturated rings. The van der Waals surface area contributed by atoms with Crippen molar-refractivity contribution in [3.8, 4) is 0 Å². The van der Waals surface area contributed by atoms with E-state index < -0.39 is 5.97 Å². The molecule has 15 nitrogen and oxygen atoms in total. The number of nitrogens with zero attached hydrogens (tertiary/aromatic N) is 7. The van der Waals surface area contributed by atoms with Crippen LogP contribution in [0.25, 0.3) is 0 Å². The lowest BCUT2D eigenvalue weighted by Crippen LogP contribution is -3.00. The number of hydrogen-bond acceptors (Lipinski definition) is 8. The van der Waals surface area contributed by atoms with Crippen molar-refractivity contribution in [2.24, 2.45) is 29.6 Å². The van der Waals surface area contributed by atoms with Crippen LogP contribution in [0.15, 0.2) is 90.6 Å². The maximum atomic E-state index is 12.5. The monoisotopic (exact) mass is 1250 g/mol. The predicted molar refractivity (Wildman–Crippen MR) is 287 cm³/mol. The van der Waals surface area contributed by atoms with E-state index in [9.17, 15) is 19.2 Å². The van der Waals surface area contributed by atoms with Crippen LogP contribution in [0, 0.1) is 29.6 Å². The lowest BCUT2D eigenvalue weighted by Gasteiger charge is -2.36. The van der Waals surface area contributed by atoms with Gasteiger partial charge in [0.2, 0.25) is 6.67 Å². The minimum atomic E-state index is -0.400. The van der Waals surface area contributed by atoms with Crippen LogP contribution >= 0.6 is 0 Å². The third-order valence-electron chi connectivity index (χ3n) is 10.6. The van der Waals surface area contributed by atoms with Crippen molar-refractivity contribution in [2.45, 2.75) is 59.9 Å². The van der Waals surface area contributed by atoms with E-state index in [1.807, 2.05) is 81.5 Å². The highest BCUT2D eigenvalue weighted by molar-refractivity contribution is 5.80. The number of carbonyl (C=O) groups excluding carboxylic acids is 4. The average Bonchev–Trinajstić information content (AvgIpc) is 3.17. The van der Waals surface area contributed by atoms with E-state index in [1.54, 1.807) is 21.1 Å². The number of hydroxylamine groups is 12. The SMILES string of the molecule is C=CC(=O)O[N+](C)(C)C.CCC(=O)O[N+](C)(C)C[N+](C)(C)Cc1ccccc1.CCC(C(=O)O[N+](C)(C)C)C1C=C(C[N+](C)(C)C)C=CC1.CCC(C(=O)O[N+](C)(C)C)C1C=C(C[N+](C)(C)C)C=CC1C.[Cl-].[Cl-].[Cl-].[Cl-].[Cl-].[Cl-].[Cl-]. The molecule has 5 unspecified atom stereocenters. The lowest BCUT2D eigenvalue weighted by atomic mass is 9.77. The molecule has 78 heavy (non-hydrogen) atoms. The summed E-state index contributed by atoms with van der Waals surface area (Å²) in [5.41, 5.74) is 3.91. The number of halogens is 7. The van der Waals surface area contributed by atoms with Crippen molar-refractivity contribution in [1.82, 2.24) is 0 Å². The first kappa shape index (κ1) is 92.0. The summed E-state index contributed by atoms with van der Waals surface area (Å²) in [6.45, 7) is 15.0. The van der Waals surface area contributed by atoms with Crippen LogP contribution in [0.1, 0.15) is 58.9 Å². The first-order valence-corrected chi connectivity index (χ1v) is 25.2. The number of hydrogen-bond donors (Lipinski definition) is 0. The molecule has 0 spiro atoms. The Bertz CT molecular complexity index is 1990. The summed E-state index contributed by atoms with van der Waals surface area (Å²) in [4.78, 5) is 68.1. The third-order valence-corrected chi connectivity index (χ3v) is 10.6. The molecule has 0 saturated heterocycles. The molecule has 22 heteroatoms. The van der Waals surface area contributed by atoms with Gasteiger partial charge in [0.1, 0.15) is 97.2 Å². The highest BCUT2D eigenvalue weighted by Gasteiger charge is 2.36. The lowest BCUT2D eigenvalue weighted by molar-refractivity contribution is -1.16. The standard InChI is InChI=1S/C18H34N2O2.C17H32N2O2.C15H26N2O2.C6H12NO2.7ClH/c1-9-16(18(21)22-20(6,7)8)17-12-15(11-10-14(17)2)13-19(3,4)5;1-8-16(17(20)21-19(5,6)7)15-11-9-10-14(12-15)13-18(2,3)4;1-6-15(18)19-17(4,5)13-16(2,3)12-14-10-8-7-9-11-14;1-5-6(8)9-7(2,3)4;;;;;;;/h10-12,14,16-17H,9,13H2,1-8H3;9-10,12,15-16H,8,11,13H2,1-7H3;7-11H,6,12-13H2,1-5H3;5H,1H2,2-4H3;7*1H/q3*+2;+1;;;;;;;/p-7. The Morgan fingerprint density at radius 3 is 1.37 bits per heavy atom. The second-order valence-electron chi connectivity index (χ2n) is 24.7. The fourth-order valence-electron chi connectivity index (χ4n) is 8.34. The fraction of sp³-hybridized carbons (Fsp3) is 0.643. The van der Waals surface area contributed by atoms with Crippen LogP contribution in [0.5, 0.6) is 0 Å². The van der Waals surface area contributed by atoms with Gasteiger partial charge in [-0.25, -0.2) is 19.2 Å². The molecule has 0 N–H and O–H groups in total. The number of rotatable bonds is 20. The van der Waals surface area contributed by atoms with Crippen molar-refractivity contribution in [3.05, 3.63) is 96.2 Å². The molecule has 460 valence electrons. The Balaban J connectivity index is -0.000000140. The van der Waals surface area contributed by atoms with Gasteiger partial charge in [0.15, 0.2) is 0 Å². The third kappa shape index (κ3) is 44.2. The van der Waals surface area contributed by atoms with Gasteiger partial charge < -0.3 is 95.8 Å². The van der Waals surface area contributed by atoms with E-state index in [1.165, 1.54) is 16.7 Å². The van der Waals surface area contributed by atoms with Gasteiger partial charge in [-0.1, -0.05) is 106 Å². The summed E-state index contributed by atoms with van der Waals surface area (Å²) in [7, 11) is 37.7. The molecule has 0 heterocycles. The summed E-state index contributed by atoms with van der Waals surface area (Å²) >= 11 is 0. The topological polar surface area (TPSA) is 105 Å². The molecule has 0 amide bonds. The van der Waals surface area contributed by atoms with Crippen LogP contribution in [0.2, 0.25) is 0 Å². The normalized spacial score (nSPS) is 16.6. The smallest absolute Gasteiger partial charge is 0.389 e. The highest BCUT2D eigenvalue weighted by atomic mass is 35.5. The predicted octanol–water partition coefficient (Wildman–Crippen LogP) is -13.5. The molecule has 0 saturated carbocycles. The second kappa shape index (κ2) is 40.7. The Hall–Kier alpha value is -2.45.